The minimum Gasteiger partial charge on any atom is -0.496 e. The largest absolute Gasteiger partial charge is 0.496 e. The molecule has 1 aromatic rings. The molecule has 0 aliphatic carbocycles. The Bertz CT molecular complexity index is 637. The number of benzene rings is 1. The highest BCUT2D eigenvalue weighted by molar-refractivity contribution is 5.95. The van der Waals surface area contributed by atoms with Crippen molar-refractivity contribution in [3.63, 3.8) is 0 Å². The average Bonchev–Trinajstić information content (AvgIpc) is 2.95. The van der Waals surface area contributed by atoms with Gasteiger partial charge in [-0.1, -0.05) is 12.8 Å². The third-order valence-electron chi connectivity index (χ3n) is 4.47. The average molecular weight is 365 g/mol. The van der Waals surface area contributed by atoms with E-state index in [9.17, 15) is 9.59 Å². The maximum Gasteiger partial charge on any atom is 0.342 e. The summed E-state index contributed by atoms with van der Waals surface area (Å²) in [5.41, 5.74) is 0.181. The van der Waals surface area contributed by atoms with Crippen molar-refractivity contribution >= 4 is 11.9 Å². The predicted molar refractivity (Wildman–Crippen MR) is 96.0 cm³/mol. The molecule has 7 heteroatoms. The Balaban J connectivity index is 2.14. The van der Waals surface area contributed by atoms with E-state index in [1.54, 1.807) is 17.9 Å². The number of amides is 1. The van der Waals surface area contributed by atoms with Gasteiger partial charge >= 0.3 is 5.97 Å². The standard InChI is InChI=1S/C19H27NO6/c1-13(18(21)20-9-7-5-6-8-10-20)26-19(22)14-11-16(24-3)17(25-4)12-15(14)23-2/h11-13H,5-10H2,1-4H3. The smallest absolute Gasteiger partial charge is 0.342 e. The molecule has 0 saturated carbocycles. The summed E-state index contributed by atoms with van der Waals surface area (Å²) in [5.74, 6) is 0.307. The van der Waals surface area contributed by atoms with Crippen molar-refractivity contribution in [1.29, 1.82) is 0 Å². The van der Waals surface area contributed by atoms with Crippen molar-refractivity contribution in [3.8, 4) is 17.2 Å². The minimum atomic E-state index is -0.863. The Hall–Kier alpha value is -2.44. The highest BCUT2D eigenvalue weighted by atomic mass is 16.6. The molecule has 0 aromatic heterocycles. The first kappa shape index (κ1) is 19.9. The molecule has 0 radical (unpaired) electrons. The molecule has 1 fully saturated rings. The lowest BCUT2D eigenvalue weighted by Gasteiger charge is -2.24. The van der Waals surface area contributed by atoms with Crippen LogP contribution in [0.15, 0.2) is 12.1 Å². The number of hydrogen-bond acceptors (Lipinski definition) is 6. The molecule has 0 spiro atoms. The Labute approximate surface area is 154 Å². The second kappa shape index (κ2) is 9.31. The van der Waals surface area contributed by atoms with Gasteiger partial charge in [-0.2, -0.15) is 0 Å². The van der Waals surface area contributed by atoms with Crippen molar-refractivity contribution in [2.24, 2.45) is 0 Å². The summed E-state index contributed by atoms with van der Waals surface area (Å²) in [5, 5.41) is 0. The van der Waals surface area contributed by atoms with E-state index in [0.717, 1.165) is 25.7 Å². The third kappa shape index (κ3) is 4.59. The molecule has 1 saturated heterocycles. The quantitative estimate of drug-likeness (QED) is 0.722. The lowest BCUT2D eigenvalue weighted by atomic mass is 10.1. The van der Waals surface area contributed by atoms with Crippen LogP contribution >= 0.6 is 0 Å². The van der Waals surface area contributed by atoms with Crippen molar-refractivity contribution in [2.45, 2.75) is 38.7 Å². The van der Waals surface area contributed by atoms with Crippen LogP contribution in [0.2, 0.25) is 0 Å². The van der Waals surface area contributed by atoms with Gasteiger partial charge in [0, 0.05) is 25.2 Å². The van der Waals surface area contributed by atoms with Crippen molar-refractivity contribution in [3.05, 3.63) is 17.7 Å². The number of ether oxygens (including phenoxy) is 4. The van der Waals surface area contributed by atoms with Crippen molar-refractivity contribution in [1.82, 2.24) is 4.90 Å². The molecule has 1 heterocycles. The summed E-state index contributed by atoms with van der Waals surface area (Å²) in [6.45, 7) is 3.01. The van der Waals surface area contributed by atoms with Gasteiger partial charge in [0.25, 0.3) is 5.91 Å². The molecule has 1 aromatic carbocycles. The number of nitrogens with zero attached hydrogens (tertiary/aromatic N) is 1. The van der Waals surface area contributed by atoms with E-state index >= 15 is 0 Å². The molecule has 2 rings (SSSR count). The summed E-state index contributed by atoms with van der Waals surface area (Å²) < 4.78 is 21.1. The molecular formula is C19H27NO6. The van der Waals surface area contributed by atoms with Crippen molar-refractivity contribution in [2.75, 3.05) is 34.4 Å². The molecule has 0 bridgehead atoms. The van der Waals surface area contributed by atoms with Crippen LogP contribution in [-0.2, 0) is 9.53 Å². The molecule has 1 aliphatic heterocycles. The van der Waals surface area contributed by atoms with Gasteiger partial charge in [0.2, 0.25) is 0 Å². The maximum absolute atomic E-state index is 12.6. The number of methoxy groups -OCH3 is 3. The van der Waals surface area contributed by atoms with E-state index in [1.165, 1.54) is 27.4 Å². The number of esters is 1. The lowest BCUT2D eigenvalue weighted by Crippen LogP contribution is -2.40. The Morgan fingerprint density at radius 3 is 1.96 bits per heavy atom. The summed E-state index contributed by atoms with van der Waals surface area (Å²) in [6.07, 6.45) is 3.35. The van der Waals surface area contributed by atoms with Crippen molar-refractivity contribution < 1.29 is 28.5 Å². The van der Waals surface area contributed by atoms with Crippen LogP contribution in [0.3, 0.4) is 0 Å². The highest BCUT2D eigenvalue weighted by Crippen LogP contribution is 2.35. The number of likely N-dealkylation sites (tertiary alicyclic amines) is 1. The molecule has 7 nitrogen and oxygen atoms in total. The van der Waals surface area contributed by atoms with E-state index in [1.807, 2.05) is 0 Å². The van der Waals surface area contributed by atoms with Crippen LogP contribution in [0, 0.1) is 0 Å². The van der Waals surface area contributed by atoms with Gasteiger partial charge in [-0.05, 0) is 19.8 Å². The molecule has 1 atom stereocenters. The predicted octanol–water partition coefficient (Wildman–Crippen LogP) is 2.66. The van der Waals surface area contributed by atoms with Crippen LogP contribution in [0.4, 0.5) is 0 Å². The fourth-order valence-electron chi connectivity index (χ4n) is 3.01. The van der Waals surface area contributed by atoms with Crippen LogP contribution in [0.25, 0.3) is 0 Å². The maximum atomic E-state index is 12.6. The summed E-state index contributed by atoms with van der Waals surface area (Å²) in [4.78, 5) is 26.9. The number of hydrogen-bond donors (Lipinski definition) is 0. The highest BCUT2D eigenvalue weighted by Gasteiger charge is 2.27. The molecule has 1 amide bonds. The van der Waals surface area contributed by atoms with E-state index in [2.05, 4.69) is 0 Å². The molecule has 1 aliphatic rings. The van der Waals surface area contributed by atoms with Gasteiger partial charge in [-0.15, -0.1) is 0 Å². The molecule has 1 unspecified atom stereocenters. The van der Waals surface area contributed by atoms with Gasteiger partial charge in [0.05, 0.1) is 21.3 Å². The van der Waals surface area contributed by atoms with Gasteiger partial charge < -0.3 is 23.8 Å². The number of carbonyl (C=O) groups excluding carboxylic acids is 2. The Morgan fingerprint density at radius 1 is 0.885 bits per heavy atom. The lowest BCUT2D eigenvalue weighted by molar-refractivity contribution is -0.139. The first-order chi connectivity index (χ1) is 12.5. The van der Waals surface area contributed by atoms with Gasteiger partial charge in [-0.25, -0.2) is 4.79 Å². The Morgan fingerprint density at radius 2 is 1.42 bits per heavy atom. The van der Waals surface area contributed by atoms with Crippen LogP contribution < -0.4 is 14.2 Å². The SMILES string of the molecule is COc1cc(OC)c(C(=O)OC(C)C(=O)N2CCCCCC2)cc1OC. The topological polar surface area (TPSA) is 74.3 Å². The molecule has 0 N–H and O–H groups in total. The minimum absolute atomic E-state index is 0.167. The van der Waals surface area contributed by atoms with Gasteiger partial charge in [0.1, 0.15) is 11.3 Å². The second-order valence-corrected chi connectivity index (χ2v) is 6.19. The number of rotatable bonds is 6. The van der Waals surface area contributed by atoms with E-state index in [0.29, 0.717) is 30.3 Å². The summed E-state index contributed by atoms with van der Waals surface area (Å²) in [6, 6.07) is 3.04. The van der Waals surface area contributed by atoms with Crippen LogP contribution in [0.1, 0.15) is 43.0 Å². The zero-order valence-corrected chi connectivity index (χ0v) is 15.9. The van der Waals surface area contributed by atoms with E-state index in [-0.39, 0.29) is 11.5 Å². The molecule has 144 valence electrons. The molecular weight excluding hydrogens is 338 g/mol. The second-order valence-electron chi connectivity index (χ2n) is 6.19. The monoisotopic (exact) mass is 365 g/mol. The third-order valence-corrected chi connectivity index (χ3v) is 4.47. The number of carbonyl (C=O) groups is 2. The zero-order valence-electron chi connectivity index (χ0n) is 15.9. The fraction of sp³-hybridized carbons (Fsp3) is 0.579. The first-order valence-electron chi connectivity index (χ1n) is 8.81. The van der Waals surface area contributed by atoms with Crippen LogP contribution in [0.5, 0.6) is 17.2 Å². The molecule has 26 heavy (non-hydrogen) atoms. The van der Waals surface area contributed by atoms with Gasteiger partial charge in [0.15, 0.2) is 17.6 Å². The zero-order chi connectivity index (χ0) is 19.1. The fourth-order valence-corrected chi connectivity index (χ4v) is 3.01. The summed E-state index contributed by atoms with van der Waals surface area (Å²) in [7, 11) is 4.42. The normalized spacial score (nSPS) is 15.6. The van der Waals surface area contributed by atoms with Crippen LogP contribution in [-0.4, -0.2) is 57.3 Å². The van der Waals surface area contributed by atoms with Gasteiger partial charge in [-0.3, -0.25) is 4.79 Å². The Kier molecular flexibility index (Phi) is 7.12. The van der Waals surface area contributed by atoms with E-state index in [4.69, 9.17) is 18.9 Å². The summed E-state index contributed by atoms with van der Waals surface area (Å²) >= 11 is 0. The van der Waals surface area contributed by atoms with E-state index < -0.39 is 12.1 Å². The first-order valence-corrected chi connectivity index (χ1v) is 8.81.